The lowest BCUT2D eigenvalue weighted by molar-refractivity contribution is -0.929. The Morgan fingerprint density at radius 3 is 2.30 bits per heavy atom. The third-order valence-corrected chi connectivity index (χ3v) is 9.06. The fourth-order valence-electron chi connectivity index (χ4n) is 5.77. The van der Waals surface area contributed by atoms with Crippen molar-refractivity contribution in [2.24, 2.45) is 0 Å². The summed E-state index contributed by atoms with van der Waals surface area (Å²) in [7, 11) is -3.85. The highest BCUT2D eigenvalue weighted by molar-refractivity contribution is 6.50. The number of aryl methyl sites for hydroxylation is 1. The van der Waals surface area contributed by atoms with E-state index >= 15 is 0 Å². The molecule has 54 heavy (non-hydrogen) atoms. The first-order valence-electron chi connectivity index (χ1n) is 17.4. The van der Waals surface area contributed by atoms with Crippen LogP contribution in [0.25, 0.3) is 11.3 Å². The van der Waals surface area contributed by atoms with Gasteiger partial charge in [-0.2, -0.15) is 0 Å². The van der Waals surface area contributed by atoms with E-state index < -0.39 is 7.25 Å². The van der Waals surface area contributed by atoms with Crippen molar-refractivity contribution in [2.75, 3.05) is 50.6 Å². The minimum atomic E-state index is -6.00. The monoisotopic (exact) mass is 743 g/mol. The van der Waals surface area contributed by atoms with Crippen LogP contribution in [0.4, 0.5) is 34.6 Å². The van der Waals surface area contributed by atoms with Crippen LogP contribution >= 0.6 is 0 Å². The third kappa shape index (κ3) is 11.9. The Balaban J connectivity index is 0.00000105. The largest absolute Gasteiger partial charge is 0.673 e. The average Bonchev–Trinajstić information content (AvgIpc) is 3.16. The lowest BCUT2D eigenvalue weighted by Gasteiger charge is -2.41. The number of likely N-dealkylation sites (N-methyl/N-ethyl adjacent to an activating group) is 1. The summed E-state index contributed by atoms with van der Waals surface area (Å²) in [4.78, 5) is 41.4. The second kappa shape index (κ2) is 17.9. The molecule has 1 amide bonds. The van der Waals surface area contributed by atoms with Crippen molar-refractivity contribution in [1.29, 1.82) is 0 Å². The Hall–Kier alpha value is -5.67. The van der Waals surface area contributed by atoms with Crippen molar-refractivity contribution >= 4 is 36.5 Å². The number of carbonyl (C=O) groups is 2. The molecule has 1 saturated heterocycles. The van der Waals surface area contributed by atoms with Gasteiger partial charge in [0, 0.05) is 60.7 Å². The molecular formula is C39H42BF4N7O3. The number of amides is 1. The van der Waals surface area contributed by atoms with Gasteiger partial charge >= 0.3 is 13.2 Å². The quantitative estimate of drug-likeness (QED) is 0.0614. The smallest absolute Gasteiger partial charge is 0.418 e. The lowest BCUT2D eigenvalue weighted by Crippen LogP contribution is -2.58. The number of nitrogens with zero attached hydrogens (tertiary/aromatic N) is 5. The van der Waals surface area contributed by atoms with Crippen molar-refractivity contribution in [2.45, 2.75) is 26.3 Å². The first kappa shape index (κ1) is 39.5. The number of halogens is 4. The summed E-state index contributed by atoms with van der Waals surface area (Å²) in [5.41, 5.74) is 6.82. The second-order valence-corrected chi connectivity index (χ2v) is 13.4. The van der Waals surface area contributed by atoms with Crippen LogP contribution in [0.15, 0.2) is 110 Å². The van der Waals surface area contributed by atoms with E-state index in [-0.39, 0.29) is 17.8 Å². The predicted octanol–water partition coefficient (Wildman–Crippen LogP) is 7.71. The minimum Gasteiger partial charge on any atom is -0.418 e. The summed E-state index contributed by atoms with van der Waals surface area (Å²) in [6, 6.07) is 28.9. The summed E-state index contributed by atoms with van der Waals surface area (Å²) in [5, 5.41) is 6.31. The van der Waals surface area contributed by atoms with Crippen LogP contribution in [-0.4, -0.2) is 83.4 Å². The molecule has 2 N–H and O–H groups in total. The summed E-state index contributed by atoms with van der Waals surface area (Å²) in [6.07, 6.45) is 5.20. The van der Waals surface area contributed by atoms with Crippen LogP contribution in [0, 0.1) is 6.92 Å². The molecule has 6 rings (SSSR count). The number of hydrogen-bond donors (Lipinski definition) is 2. The highest BCUT2D eigenvalue weighted by atomic mass is 19.5. The Labute approximate surface area is 311 Å². The van der Waals surface area contributed by atoms with E-state index in [0.29, 0.717) is 28.4 Å². The van der Waals surface area contributed by atoms with Crippen molar-refractivity contribution in [3.63, 3.8) is 0 Å². The minimum absolute atomic E-state index is 0.182. The number of nitrogens with one attached hydrogen (secondary N) is 2. The number of benzene rings is 3. The average molecular weight is 744 g/mol. The number of anilines is 3. The molecule has 0 bridgehead atoms. The molecule has 5 aromatic rings. The molecule has 0 aliphatic carbocycles. The standard InChI is InChI=1S/C39H41N7O3.BF4/c1-28-11-16-34(24-36(28)44-39-41-19-17-35(43-39)33-10-7-18-40-25-33)42-37(47)32-14-12-30(13-15-32)26-45-20-22-46(3,23-21-45)27-49-38(48)29(2)31-8-5-4-6-9-31;2-1(3,4)5/h4-19,24-25,29H,20-23,26-27H2,1-3H3,(H-,41,42,43,44,47);/q;-1/p+1. The third-order valence-electron chi connectivity index (χ3n) is 9.06. The number of rotatable bonds is 11. The topological polar surface area (TPSA) is 109 Å². The summed E-state index contributed by atoms with van der Waals surface area (Å²) in [6.45, 7) is 8.63. The Kier molecular flexibility index (Phi) is 13.1. The van der Waals surface area contributed by atoms with Gasteiger partial charge < -0.3 is 32.6 Å². The van der Waals surface area contributed by atoms with Crippen LogP contribution in [0.5, 0.6) is 0 Å². The molecule has 0 spiro atoms. The number of pyridine rings is 1. The fourth-order valence-corrected chi connectivity index (χ4v) is 5.77. The van der Waals surface area contributed by atoms with Gasteiger partial charge in [0.1, 0.15) is 0 Å². The maximum Gasteiger partial charge on any atom is 0.673 e. The van der Waals surface area contributed by atoms with Gasteiger partial charge in [0.25, 0.3) is 5.91 Å². The number of quaternary nitrogens is 1. The first-order valence-corrected chi connectivity index (χ1v) is 17.4. The molecule has 1 unspecified atom stereocenters. The number of aromatic nitrogens is 3. The van der Waals surface area contributed by atoms with E-state index in [1.54, 1.807) is 18.6 Å². The van der Waals surface area contributed by atoms with E-state index in [2.05, 4.69) is 37.5 Å². The molecule has 1 aliphatic heterocycles. The molecule has 3 aromatic carbocycles. The maximum absolute atomic E-state index is 13.2. The zero-order chi connectivity index (χ0) is 38.7. The van der Waals surface area contributed by atoms with Gasteiger partial charge in [-0.3, -0.25) is 24.0 Å². The van der Waals surface area contributed by atoms with E-state index in [1.807, 2.05) is 105 Å². The number of carbonyl (C=O) groups excluding carboxylic acids is 2. The maximum atomic E-state index is 13.2. The zero-order valence-corrected chi connectivity index (χ0v) is 30.3. The molecule has 282 valence electrons. The number of ether oxygens (including phenoxy) is 1. The van der Waals surface area contributed by atoms with Crippen LogP contribution < -0.4 is 10.6 Å². The molecule has 10 nitrogen and oxygen atoms in total. The van der Waals surface area contributed by atoms with Crippen LogP contribution in [-0.2, 0) is 16.1 Å². The van der Waals surface area contributed by atoms with Crippen molar-refractivity contribution < 1.29 is 36.1 Å². The highest BCUT2D eigenvalue weighted by Gasteiger charge is 2.31. The molecule has 1 atom stereocenters. The molecule has 1 fully saturated rings. The molecule has 0 saturated carbocycles. The van der Waals surface area contributed by atoms with E-state index in [1.165, 1.54) is 0 Å². The number of piperazine rings is 1. The van der Waals surface area contributed by atoms with Crippen molar-refractivity contribution in [1.82, 2.24) is 19.9 Å². The number of esters is 1. The van der Waals surface area contributed by atoms with E-state index in [4.69, 9.17) is 4.74 Å². The molecule has 3 heterocycles. The lowest BCUT2D eigenvalue weighted by atomic mass is 10.0. The first-order chi connectivity index (χ1) is 25.7. The summed E-state index contributed by atoms with van der Waals surface area (Å²) < 4.78 is 45.5. The van der Waals surface area contributed by atoms with Crippen LogP contribution in [0.3, 0.4) is 0 Å². The second-order valence-electron chi connectivity index (χ2n) is 13.4. The predicted molar refractivity (Wildman–Crippen MR) is 201 cm³/mol. The van der Waals surface area contributed by atoms with Gasteiger partial charge in [-0.1, -0.05) is 48.5 Å². The zero-order valence-electron chi connectivity index (χ0n) is 30.3. The van der Waals surface area contributed by atoms with Gasteiger partial charge in [0.15, 0.2) is 0 Å². The Morgan fingerprint density at radius 1 is 0.926 bits per heavy atom. The Bertz CT molecular complexity index is 1990. The summed E-state index contributed by atoms with van der Waals surface area (Å²) in [5.74, 6) is -0.196. The van der Waals surface area contributed by atoms with Crippen molar-refractivity contribution in [3.05, 3.63) is 132 Å². The van der Waals surface area contributed by atoms with Gasteiger partial charge in [0.2, 0.25) is 12.7 Å². The molecule has 1 aliphatic rings. The van der Waals surface area contributed by atoms with Crippen LogP contribution in [0.2, 0.25) is 0 Å². The number of hydrogen-bond acceptors (Lipinski definition) is 8. The molecule has 2 aromatic heterocycles. The van der Waals surface area contributed by atoms with Gasteiger partial charge in [-0.15, -0.1) is 0 Å². The SMILES string of the molecule is Cc1ccc(NC(=O)c2ccc(CN3CC[N+](C)(COC(=O)C(C)c4ccccc4)CC3)cc2)cc1Nc1nccc(-c2cccnc2)n1.F[B-](F)(F)F. The summed E-state index contributed by atoms with van der Waals surface area (Å²) >= 11 is 0. The molecule has 15 heteroatoms. The normalized spacial score (nSPS) is 14.6. The van der Waals surface area contributed by atoms with Gasteiger partial charge in [-0.05, 0) is 73.0 Å². The van der Waals surface area contributed by atoms with E-state index in [0.717, 1.165) is 66.4 Å². The van der Waals surface area contributed by atoms with Gasteiger partial charge in [0.05, 0.1) is 31.7 Å². The molecular weight excluding hydrogens is 701 g/mol. The molecule has 0 radical (unpaired) electrons. The van der Waals surface area contributed by atoms with Crippen LogP contribution in [0.1, 0.15) is 39.9 Å². The van der Waals surface area contributed by atoms with Gasteiger partial charge in [-0.25, -0.2) is 9.97 Å². The fraction of sp³-hybridized carbons (Fsp3) is 0.256. The van der Waals surface area contributed by atoms with E-state index in [9.17, 15) is 26.9 Å². The highest BCUT2D eigenvalue weighted by Crippen LogP contribution is 2.25. The Morgan fingerprint density at radius 2 is 1.63 bits per heavy atom. The van der Waals surface area contributed by atoms with Crippen molar-refractivity contribution in [3.8, 4) is 11.3 Å².